The van der Waals surface area contributed by atoms with Crippen LogP contribution < -0.4 is 29.6 Å². The van der Waals surface area contributed by atoms with E-state index in [1.165, 1.54) is 11.1 Å². The molecule has 3 heterocycles. The van der Waals surface area contributed by atoms with Crippen LogP contribution in [0, 0.1) is 17.8 Å². The summed E-state index contributed by atoms with van der Waals surface area (Å²) in [4.78, 5) is 62.5. The molecule has 3 N–H and O–H groups in total. The Morgan fingerprint density at radius 3 is 2.52 bits per heavy atom. The number of alkyl halides is 1. The van der Waals surface area contributed by atoms with Gasteiger partial charge in [0.15, 0.2) is 0 Å². The van der Waals surface area contributed by atoms with Gasteiger partial charge in [-0.1, -0.05) is 26.0 Å². The third-order valence-electron chi connectivity index (χ3n) is 11.5. The van der Waals surface area contributed by atoms with Gasteiger partial charge < -0.3 is 34.5 Å². The number of rotatable bonds is 10. The molecule has 15 nitrogen and oxygen atoms in total. The van der Waals surface area contributed by atoms with Crippen LogP contribution in [-0.4, -0.2) is 103 Å². The first kappa shape index (κ1) is 42.9. The van der Waals surface area contributed by atoms with E-state index < -0.39 is 80.5 Å². The van der Waals surface area contributed by atoms with Gasteiger partial charge in [0.2, 0.25) is 27.7 Å². The third kappa shape index (κ3) is 8.98. The average molecular weight is 830 g/mol. The van der Waals surface area contributed by atoms with Gasteiger partial charge in [-0.2, -0.15) is 0 Å². The summed E-state index contributed by atoms with van der Waals surface area (Å²) in [6, 6.07) is 3.01. The van der Waals surface area contributed by atoms with E-state index in [2.05, 4.69) is 20.3 Å². The molecular weight excluding hydrogens is 774 g/mol. The molecule has 0 radical (unpaired) electrons. The molecule has 2 aliphatic carbocycles. The quantitative estimate of drug-likeness (QED) is 0.281. The molecule has 318 valence electrons. The highest BCUT2D eigenvalue weighted by molar-refractivity contribution is 7.91. The van der Waals surface area contributed by atoms with Crippen molar-refractivity contribution in [2.45, 2.75) is 121 Å². The first-order chi connectivity index (χ1) is 27.4. The SMILES string of the molecule is CCOc1cnc(O[C@@H]2C[C@H]3C(=O)N[C@]4(C(=O)NS(=O)(=O)C5(CF)CC5)C[C@H]4/C=C\CC[C@@H](C)C[C@@H](C)[C@H](NC(=O)OC(C)(C)C)C(=O)N3C2)c2ccc(OC)cc12. The Kier molecular flexibility index (Phi) is 12.2. The van der Waals surface area contributed by atoms with Gasteiger partial charge in [-0.3, -0.25) is 19.1 Å². The fourth-order valence-corrected chi connectivity index (χ4v) is 9.43. The van der Waals surface area contributed by atoms with Gasteiger partial charge in [0, 0.05) is 23.1 Å². The zero-order valence-corrected chi connectivity index (χ0v) is 35.1. The van der Waals surface area contributed by atoms with Crippen molar-refractivity contribution in [2.24, 2.45) is 17.8 Å². The second-order valence-corrected chi connectivity index (χ2v) is 19.3. The number of carbonyl (C=O) groups excluding carboxylic acids is 4. The number of carbonyl (C=O) groups is 4. The van der Waals surface area contributed by atoms with Crippen molar-refractivity contribution in [3.63, 3.8) is 0 Å². The Bertz CT molecular complexity index is 2050. The molecule has 1 aromatic heterocycles. The van der Waals surface area contributed by atoms with E-state index in [0.717, 1.165) is 6.42 Å². The number of hydrogen-bond donors (Lipinski definition) is 3. The van der Waals surface area contributed by atoms with Crippen molar-refractivity contribution in [1.82, 2.24) is 25.2 Å². The summed E-state index contributed by atoms with van der Waals surface area (Å²) >= 11 is 0. The van der Waals surface area contributed by atoms with Gasteiger partial charge in [-0.25, -0.2) is 22.6 Å². The molecule has 58 heavy (non-hydrogen) atoms. The summed E-state index contributed by atoms with van der Waals surface area (Å²) in [6.45, 7) is 10.1. The Morgan fingerprint density at radius 2 is 1.86 bits per heavy atom. The number of aromatic nitrogens is 1. The first-order valence-electron chi connectivity index (χ1n) is 20.0. The van der Waals surface area contributed by atoms with Gasteiger partial charge >= 0.3 is 6.09 Å². The molecule has 7 atom stereocenters. The van der Waals surface area contributed by atoms with Gasteiger partial charge in [0.05, 0.1) is 26.5 Å². The molecule has 6 rings (SSSR count). The van der Waals surface area contributed by atoms with Crippen LogP contribution in [0.2, 0.25) is 0 Å². The molecule has 4 amide bonds. The molecule has 2 saturated carbocycles. The molecular formula is C41H56FN5O10S. The number of alkyl carbamates (subject to hydrolysis) is 1. The topological polar surface area (TPSA) is 192 Å². The first-order valence-corrected chi connectivity index (χ1v) is 21.5. The van der Waals surface area contributed by atoms with Crippen LogP contribution in [0.1, 0.15) is 86.5 Å². The maximum absolute atomic E-state index is 14.8. The van der Waals surface area contributed by atoms with Crippen molar-refractivity contribution >= 4 is 44.6 Å². The summed E-state index contributed by atoms with van der Waals surface area (Å²) in [5.74, 6) is -1.74. The van der Waals surface area contributed by atoms with E-state index in [-0.39, 0.29) is 49.9 Å². The highest BCUT2D eigenvalue weighted by Crippen LogP contribution is 2.48. The number of sulfonamides is 1. The Morgan fingerprint density at radius 1 is 1.12 bits per heavy atom. The molecule has 0 bridgehead atoms. The smallest absolute Gasteiger partial charge is 0.408 e. The van der Waals surface area contributed by atoms with Crippen molar-refractivity contribution in [3.05, 3.63) is 36.5 Å². The second-order valence-electron chi connectivity index (χ2n) is 17.2. The lowest BCUT2D eigenvalue weighted by Crippen LogP contribution is -2.59. The lowest BCUT2D eigenvalue weighted by atomic mass is 9.88. The minimum absolute atomic E-state index is 0.0322. The van der Waals surface area contributed by atoms with Crippen LogP contribution >= 0.6 is 0 Å². The molecule has 2 aromatic rings. The van der Waals surface area contributed by atoms with E-state index >= 15 is 0 Å². The van der Waals surface area contributed by atoms with Crippen molar-refractivity contribution in [1.29, 1.82) is 0 Å². The summed E-state index contributed by atoms with van der Waals surface area (Å²) in [6.07, 6.45) is 5.78. The fourth-order valence-electron chi connectivity index (χ4n) is 8.00. The van der Waals surface area contributed by atoms with Gasteiger partial charge in [-0.15, -0.1) is 0 Å². The number of hydrogen-bond acceptors (Lipinski definition) is 11. The minimum Gasteiger partial charge on any atom is -0.497 e. The summed E-state index contributed by atoms with van der Waals surface area (Å²) in [5, 5.41) is 6.89. The van der Waals surface area contributed by atoms with Gasteiger partial charge in [0.1, 0.15) is 52.2 Å². The lowest BCUT2D eigenvalue weighted by Gasteiger charge is -2.33. The van der Waals surface area contributed by atoms with E-state index in [1.54, 1.807) is 52.2 Å². The number of methoxy groups -OCH3 is 1. The van der Waals surface area contributed by atoms with Crippen LogP contribution in [0.5, 0.6) is 17.4 Å². The predicted molar refractivity (Wildman–Crippen MR) is 212 cm³/mol. The number of benzene rings is 1. The Hall–Kier alpha value is -4.67. The Balaban J connectivity index is 1.36. The highest BCUT2D eigenvalue weighted by atomic mass is 32.2. The van der Waals surface area contributed by atoms with Crippen molar-refractivity contribution in [3.8, 4) is 17.4 Å². The number of allylic oxidation sites excluding steroid dienone is 1. The molecule has 1 saturated heterocycles. The molecule has 0 unspecified atom stereocenters. The molecule has 1 aromatic carbocycles. The van der Waals surface area contributed by atoms with Crippen molar-refractivity contribution in [2.75, 3.05) is 26.9 Å². The summed E-state index contributed by atoms with van der Waals surface area (Å²) < 4.78 is 64.0. The molecule has 0 spiro atoms. The number of nitrogens with zero attached hydrogens (tertiary/aromatic N) is 2. The minimum atomic E-state index is -4.40. The standard InChI is InChI=1S/C41H56FN5O10S/c1-8-55-32-21-43-35(29-14-13-27(54-7)18-30(29)32)56-28-19-31-34(48)45-41(37(50)46-58(52,53)40(23-42)15-16-40)20-26(41)12-10-9-11-24(2)17-25(3)33(36(49)47(31)22-28)44-38(51)57-39(4,5)6/h10,12-14,18,21,24-26,28,31,33H,8-9,11,15-17,19-20,22-23H2,1-7H3,(H,44,51)(H,45,48)(H,46,50)/b12-10-/t24-,25-,26-,28-,31+,33+,41-/m1/s1. The van der Waals surface area contributed by atoms with E-state index in [1.807, 2.05) is 26.8 Å². The third-order valence-corrected chi connectivity index (χ3v) is 13.7. The van der Waals surface area contributed by atoms with Crippen LogP contribution in [0.4, 0.5) is 9.18 Å². The predicted octanol–water partition coefficient (Wildman–Crippen LogP) is 4.72. The molecule has 3 fully saturated rings. The van der Waals surface area contributed by atoms with Crippen LogP contribution in [-0.2, 0) is 29.1 Å². The number of nitrogens with one attached hydrogen (secondary N) is 3. The van der Waals surface area contributed by atoms with Crippen molar-refractivity contribution < 1.29 is 50.9 Å². The van der Waals surface area contributed by atoms with Crippen LogP contribution in [0.15, 0.2) is 36.5 Å². The number of pyridine rings is 1. The van der Waals surface area contributed by atoms with Gasteiger partial charge in [-0.05, 0) is 96.3 Å². The zero-order chi connectivity index (χ0) is 42.2. The average Bonchev–Trinajstić information content (AvgIpc) is 4.06. The fraction of sp³-hybridized carbons (Fsp3) is 0.634. The monoisotopic (exact) mass is 829 g/mol. The van der Waals surface area contributed by atoms with Crippen LogP contribution in [0.25, 0.3) is 10.8 Å². The van der Waals surface area contributed by atoms with E-state index in [0.29, 0.717) is 41.7 Å². The van der Waals surface area contributed by atoms with Gasteiger partial charge in [0.25, 0.3) is 5.91 Å². The summed E-state index contributed by atoms with van der Waals surface area (Å²) in [5.41, 5.74) is -2.52. The van der Waals surface area contributed by atoms with Crippen LogP contribution in [0.3, 0.4) is 0 Å². The second kappa shape index (κ2) is 16.5. The highest BCUT2D eigenvalue weighted by Gasteiger charge is 2.64. The van der Waals surface area contributed by atoms with E-state index in [9.17, 15) is 32.0 Å². The maximum Gasteiger partial charge on any atom is 0.408 e. The lowest BCUT2D eigenvalue weighted by molar-refractivity contribution is -0.142. The zero-order valence-electron chi connectivity index (χ0n) is 34.3. The normalized spacial score (nSPS) is 29.1. The largest absolute Gasteiger partial charge is 0.497 e. The Labute approximate surface area is 339 Å². The molecule has 17 heteroatoms. The molecule has 4 aliphatic rings. The summed E-state index contributed by atoms with van der Waals surface area (Å²) in [7, 11) is -2.85. The number of fused-ring (bicyclic) bond motifs is 3. The number of ether oxygens (including phenoxy) is 4. The number of halogens is 1. The maximum atomic E-state index is 14.8. The molecule has 2 aliphatic heterocycles. The van der Waals surface area contributed by atoms with E-state index in [4.69, 9.17) is 18.9 Å². The number of amides is 4.